The Morgan fingerprint density at radius 1 is 1.30 bits per heavy atom. The van der Waals surface area contributed by atoms with Crippen LogP contribution in [0.2, 0.25) is 0 Å². The minimum Gasteiger partial charge on any atom is -0.464 e. The van der Waals surface area contributed by atoms with Gasteiger partial charge in [-0.05, 0) is 39.8 Å². The number of aromatic nitrogens is 2. The van der Waals surface area contributed by atoms with Gasteiger partial charge in [0.15, 0.2) is 5.65 Å². The molecule has 7 nitrogen and oxygen atoms in total. The molecule has 0 aromatic carbocycles. The number of nitriles is 1. The van der Waals surface area contributed by atoms with Crippen LogP contribution in [0.3, 0.4) is 0 Å². The molecule has 0 amide bonds. The highest BCUT2D eigenvalue weighted by atomic mass is 16.7. The predicted molar refractivity (Wildman–Crippen MR) is 83.6 cm³/mol. The summed E-state index contributed by atoms with van der Waals surface area (Å²) in [6, 6.07) is 5.12. The van der Waals surface area contributed by atoms with Crippen molar-refractivity contribution >= 4 is 29.7 Å². The number of rotatable bonds is 1. The number of pyridine rings is 1. The molecule has 1 N–H and O–H groups in total. The van der Waals surface area contributed by atoms with Crippen molar-refractivity contribution in [1.82, 2.24) is 9.55 Å². The summed E-state index contributed by atoms with van der Waals surface area (Å²) in [5.41, 5.74) is -0.136. The molecule has 3 rings (SSSR count). The number of carbonyl (C=O) groups is 1. The number of hydrogen-bond donors (Lipinski definition) is 1. The van der Waals surface area contributed by atoms with Crippen LogP contribution in [0.25, 0.3) is 11.0 Å². The molecule has 3 heterocycles. The van der Waals surface area contributed by atoms with Crippen LogP contribution >= 0.6 is 0 Å². The van der Waals surface area contributed by atoms with Crippen molar-refractivity contribution in [3.63, 3.8) is 0 Å². The van der Waals surface area contributed by atoms with Crippen LogP contribution in [0, 0.1) is 11.3 Å². The van der Waals surface area contributed by atoms with E-state index in [0.717, 1.165) is 4.57 Å². The molecule has 0 unspecified atom stereocenters. The lowest BCUT2D eigenvalue weighted by Crippen LogP contribution is -2.41. The lowest BCUT2D eigenvalue weighted by Gasteiger charge is -2.32. The van der Waals surface area contributed by atoms with E-state index in [9.17, 15) is 9.90 Å². The molecule has 0 saturated carbocycles. The highest BCUT2D eigenvalue weighted by Crippen LogP contribution is 2.37. The number of nitrogens with zero attached hydrogens (tertiary/aromatic N) is 3. The third kappa shape index (κ3) is 2.29. The molecule has 0 radical (unpaired) electrons. The first-order chi connectivity index (χ1) is 10.7. The summed E-state index contributed by atoms with van der Waals surface area (Å²) in [6.07, 6.45) is 0.254. The first-order valence-corrected chi connectivity index (χ1v) is 7.17. The Hall–Kier alpha value is -2.37. The average Bonchev–Trinajstić information content (AvgIpc) is 2.93. The predicted octanol–water partition coefficient (Wildman–Crippen LogP) is 1.73. The molecule has 23 heavy (non-hydrogen) atoms. The molecule has 2 aromatic rings. The van der Waals surface area contributed by atoms with E-state index in [1.807, 2.05) is 33.8 Å². The van der Waals surface area contributed by atoms with Gasteiger partial charge in [0.2, 0.25) is 0 Å². The monoisotopic (exact) mass is 313 g/mol. The molecule has 1 saturated heterocycles. The maximum atomic E-state index is 11.5. The van der Waals surface area contributed by atoms with Crippen molar-refractivity contribution in [2.45, 2.75) is 38.9 Å². The van der Waals surface area contributed by atoms with E-state index in [0.29, 0.717) is 10.8 Å². The topological polar surface area (TPSA) is 97.4 Å². The van der Waals surface area contributed by atoms with Gasteiger partial charge in [-0.2, -0.15) is 5.26 Å². The second-order valence-electron chi connectivity index (χ2n) is 6.50. The Kier molecular flexibility index (Phi) is 3.25. The van der Waals surface area contributed by atoms with Gasteiger partial charge in [-0.1, -0.05) is 0 Å². The maximum Gasteiger partial charge on any atom is 0.497 e. The Morgan fingerprint density at radius 3 is 2.43 bits per heavy atom. The van der Waals surface area contributed by atoms with E-state index in [1.54, 1.807) is 12.1 Å². The van der Waals surface area contributed by atoms with Gasteiger partial charge in [-0.15, -0.1) is 0 Å². The van der Waals surface area contributed by atoms with Crippen LogP contribution in [0.4, 0.5) is 4.79 Å². The fraction of sp³-hybridized carbons (Fsp3) is 0.400. The summed E-state index contributed by atoms with van der Waals surface area (Å²) in [5, 5.41) is 18.9. The van der Waals surface area contributed by atoms with Crippen LogP contribution in [-0.2, 0) is 9.31 Å². The second kappa shape index (κ2) is 4.81. The quantitative estimate of drug-likeness (QED) is 0.805. The van der Waals surface area contributed by atoms with E-state index in [-0.39, 0.29) is 11.3 Å². The van der Waals surface area contributed by atoms with Crippen molar-refractivity contribution in [2.75, 3.05) is 0 Å². The maximum absolute atomic E-state index is 11.5. The van der Waals surface area contributed by atoms with Gasteiger partial charge in [-0.25, -0.2) is 14.3 Å². The Balaban J connectivity index is 2.17. The molecular formula is C15H16BN3O4. The van der Waals surface area contributed by atoms with Gasteiger partial charge >= 0.3 is 13.2 Å². The first-order valence-electron chi connectivity index (χ1n) is 7.17. The van der Waals surface area contributed by atoms with Gasteiger partial charge in [0.25, 0.3) is 0 Å². The second-order valence-corrected chi connectivity index (χ2v) is 6.50. The molecule has 0 bridgehead atoms. The van der Waals surface area contributed by atoms with Crippen LogP contribution in [0.1, 0.15) is 33.4 Å². The van der Waals surface area contributed by atoms with Crippen LogP contribution in [0.5, 0.6) is 0 Å². The van der Waals surface area contributed by atoms with Crippen molar-refractivity contribution < 1.29 is 19.2 Å². The highest BCUT2D eigenvalue weighted by molar-refractivity contribution is 6.65. The van der Waals surface area contributed by atoms with Crippen molar-refractivity contribution in [1.29, 1.82) is 5.26 Å². The summed E-state index contributed by atoms with van der Waals surface area (Å²) in [6.45, 7) is 7.70. The van der Waals surface area contributed by atoms with Gasteiger partial charge < -0.3 is 14.4 Å². The van der Waals surface area contributed by atoms with Crippen LogP contribution in [-0.4, -0.2) is 39.1 Å². The van der Waals surface area contributed by atoms with E-state index in [1.165, 1.54) is 6.20 Å². The van der Waals surface area contributed by atoms with Crippen molar-refractivity contribution in [3.8, 4) is 6.07 Å². The zero-order valence-electron chi connectivity index (χ0n) is 13.3. The molecule has 1 aliphatic heterocycles. The van der Waals surface area contributed by atoms with Crippen LogP contribution < -0.4 is 5.46 Å². The van der Waals surface area contributed by atoms with Gasteiger partial charge in [-0.3, -0.25) is 0 Å². The average molecular weight is 313 g/mol. The van der Waals surface area contributed by atoms with Gasteiger partial charge in [0, 0.05) is 17.0 Å². The zero-order chi connectivity index (χ0) is 17.0. The number of fused-ring (bicyclic) bond motifs is 1. The zero-order valence-corrected chi connectivity index (χ0v) is 13.3. The molecule has 0 atom stereocenters. The summed E-state index contributed by atoms with van der Waals surface area (Å²) in [7, 11) is -0.696. The fourth-order valence-electron chi connectivity index (χ4n) is 2.49. The third-order valence-corrected chi connectivity index (χ3v) is 4.51. The molecule has 1 fully saturated rings. The molecular weight excluding hydrogens is 297 g/mol. The summed E-state index contributed by atoms with van der Waals surface area (Å²) >= 11 is 0. The Labute approximate surface area is 133 Å². The molecule has 0 aliphatic carbocycles. The van der Waals surface area contributed by atoms with Gasteiger partial charge in [0.05, 0.1) is 11.2 Å². The van der Waals surface area contributed by atoms with E-state index < -0.39 is 24.4 Å². The largest absolute Gasteiger partial charge is 0.497 e. The van der Waals surface area contributed by atoms with E-state index in [2.05, 4.69) is 4.98 Å². The Morgan fingerprint density at radius 2 is 1.91 bits per heavy atom. The molecule has 118 valence electrons. The number of carboxylic acid groups (broad SMARTS) is 1. The fourth-order valence-corrected chi connectivity index (χ4v) is 2.49. The lowest BCUT2D eigenvalue weighted by molar-refractivity contribution is 0.00578. The smallest absolute Gasteiger partial charge is 0.464 e. The SMILES string of the molecule is CC1(C)OB(c2cn(C(=O)O)c3nc(C#N)ccc23)OC1(C)C. The van der Waals surface area contributed by atoms with E-state index in [4.69, 9.17) is 14.6 Å². The molecule has 1 aliphatic rings. The minimum absolute atomic E-state index is 0.151. The highest BCUT2D eigenvalue weighted by Gasteiger charge is 2.52. The van der Waals surface area contributed by atoms with Crippen LogP contribution in [0.15, 0.2) is 18.3 Å². The summed E-state index contributed by atoms with van der Waals surface area (Å²) in [5.74, 6) is 0. The lowest BCUT2D eigenvalue weighted by atomic mass is 9.79. The molecule has 8 heteroatoms. The normalized spacial score (nSPS) is 19.0. The molecule has 2 aromatic heterocycles. The summed E-state index contributed by atoms with van der Waals surface area (Å²) < 4.78 is 13.0. The number of hydrogen-bond acceptors (Lipinski definition) is 5. The standard InChI is InChI=1S/C15H16BN3O4/c1-14(2)15(3,4)23-16(22-14)11-8-19(13(20)21)12-10(11)6-5-9(7-17)18-12/h5-6,8H,1-4H3,(H,20,21). The van der Waals surface area contributed by atoms with Gasteiger partial charge in [0.1, 0.15) is 11.8 Å². The Bertz CT molecular complexity index is 834. The van der Waals surface area contributed by atoms with E-state index >= 15 is 0 Å². The summed E-state index contributed by atoms with van der Waals surface area (Å²) in [4.78, 5) is 15.5. The van der Waals surface area contributed by atoms with Crippen molar-refractivity contribution in [2.24, 2.45) is 0 Å². The van der Waals surface area contributed by atoms with Crippen molar-refractivity contribution in [3.05, 3.63) is 24.0 Å². The first kappa shape index (κ1) is 15.5. The minimum atomic E-state index is -1.18. The third-order valence-electron chi connectivity index (χ3n) is 4.51. The molecule has 0 spiro atoms.